The first-order valence-corrected chi connectivity index (χ1v) is 8.71. The Hall–Kier alpha value is -2.06. The van der Waals surface area contributed by atoms with Crippen LogP contribution in [0.3, 0.4) is 0 Å². The molecule has 1 unspecified atom stereocenters. The molecule has 1 amide bonds. The van der Waals surface area contributed by atoms with E-state index >= 15 is 0 Å². The highest BCUT2D eigenvalue weighted by atomic mass is 35.5. The zero-order chi connectivity index (χ0) is 20.6. The van der Waals surface area contributed by atoms with E-state index in [2.05, 4.69) is 0 Å². The number of nitrogens with zero attached hydrogens (tertiary/aromatic N) is 1. The number of carboxylic acids is 1. The van der Waals surface area contributed by atoms with Crippen LogP contribution in [-0.2, 0) is 9.47 Å². The van der Waals surface area contributed by atoms with Crippen LogP contribution in [0.2, 0.25) is 5.02 Å². The van der Waals surface area contributed by atoms with Gasteiger partial charge in [0.1, 0.15) is 17.9 Å². The van der Waals surface area contributed by atoms with Crippen LogP contribution in [0.4, 0.5) is 9.18 Å². The van der Waals surface area contributed by atoms with Gasteiger partial charge in [0.25, 0.3) is 0 Å². The van der Waals surface area contributed by atoms with Crippen molar-refractivity contribution in [2.45, 2.75) is 52.0 Å². The van der Waals surface area contributed by atoms with E-state index in [9.17, 15) is 14.0 Å². The number of carbonyl (C=O) groups is 2. The Labute approximate surface area is 161 Å². The molecule has 2 rings (SSSR count). The first-order valence-electron chi connectivity index (χ1n) is 8.33. The number of carbonyl (C=O) groups excluding carboxylic acids is 1. The third kappa shape index (κ3) is 5.01. The second-order valence-corrected chi connectivity index (χ2v) is 8.05. The SMILES string of the molecule is CC(C)(C)OC(=O)N1C(COc2cc(Cl)c(C(=O)O)cc2F)COC1(C)C. The summed E-state index contributed by atoms with van der Waals surface area (Å²) in [5, 5.41) is 8.82. The summed E-state index contributed by atoms with van der Waals surface area (Å²) in [6.45, 7) is 8.79. The molecule has 1 aliphatic heterocycles. The fraction of sp³-hybridized carbons (Fsp3) is 0.556. The second kappa shape index (κ2) is 7.52. The van der Waals surface area contributed by atoms with Crippen molar-refractivity contribution in [1.29, 1.82) is 0 Å². The number of hydrogen-bond acceptors (Lipinski definition) is 5. The van der Waals surface area contributed by atoms with E-state index < -0.39 is 35.2 Å². The molecule has 0 bridgehead atoms. The monoisotopic (exact) mass is 403 g/mol. The largest absolute Gasteiger partial charge is 0.488 e. The van der Waals surface area contributed by atoms with E-state index in [0.717, 1.165) is 12.1 Å². The molecule has 150 valence electrons. The van der Waals surface area contributed by atoms with E-state index in [1.807, 2.05) is 0 Å². The molecule has 0 saturated carbocycles. The molecular weight excluding hydrogens is 381 g/mol. The third-order valence-corrected chi connectivity index (χ3v) is 4.16. The molecule has 1 fully saturated rings. The van der Waals surface area contributed by atoms with E-state index in [-0.39, 0.29) is 29.5 Å². The molecule has 27 heavy (non-hydrogen) atoms. The highest BCUT2D eigenvalue weighted by molar-refractivity contribution is 6.33. The lowest BCUT2D eigenvalue weighted by atomic mass is 10.2. The lowest BCUT2D eigenvalue weighted by molar-refractivity contribution is -0.0637. The highest BCUT2D eigenvalue weighted by Crippen LogP contribution is 2.31. The van der Waals surface area contributed by atoms with Gasteiger partial charge in [0.05, 0.1) is 23.2 Å². The summed E-state index contributed by atoms with van der Waals surface area (Å²) in [5.41, 5.74) is -1.96. The molecule has 1 N–H and O–H groups in total. The van der Waals surface area contributed by atoms with Crippen LogP contribution >= 0.6 is 11.6 Å². The first-order chi connectivity index (χ1) is 12.3. The summed E-state index contributed by atoms with van der Waals surface area (Å²) in [6, 6.07) is 1.37. The van der Waals surface area contributed by atoms with E-state index in [1.54, 1.807) is 34.6 Å². The van der Waals surface area contributed by atoms with Crippen LogP contribution in [0.5, 0.6) is 5.75 Å². The number of rotatable bonds is 4. The number of hydrogen-bond donors (Lipinski definition) is 1. The number of carboxylic acid groups (broad SMARTS) is 1. The van der Waals surface area contributed by atoms with Crippen molar-refractivity contribution in [3.05, 3.63) is 28.5 Å². The number of ether oxygens (including phenoxy) is 3. The second-order valence-electron chi connectivity index (χ2n) is 7.64. The quantitative estimate of drug-likeness (QED) is 0.819. The molecule has 0 spiro atoms. The maximum Gasteiger partial charge on any atom is 0.413 e. The fourth-order valence-electron chi connectivity index (χ4n) is 2.68. The summed E-state index contributed by atoms with van der Waals surface area (Å²) >= 11 is 5.85. The Kier molecular flexibility index (Phi) is 5.91. The van der Waals surface area contributed by atoms with Gasteiger partial charge in [-0.2, -0.15) is 0 Å². The smallest absolute Gasteiger partial charge is 0.413 e. The topological polar surface area (TPSA) is 85.3 Å². The lowest BCUT2D eigenvalue weighted by Crippen LogP contribution is -2.51. The minimum Gasteiger partial charge on any atom is -0.488 e. The highest BCUT2D eigenvalue weighted by Gasteiger charge is 2.46. The van der Waals surface area contributed by atoms with Crippen LogP contribution < -0.4 is 4.74 Å². The van der Waals surface area contributed by atoms with Crippen molar-refractivity contribution in [3.8, 4) is 5.75 Å². The summed E-state index contributed by atoms with van der Waals surface area (Å²) < 4.78 is 30.6. The van der Waals surface area contributed by atoms with Gasteiger partial charge in [-0.3, -0.25) is 4.90 Å². The van der Waals surface area contributed by atoms with Crippen molar-refractivity contribution < 1.29 is 33.3 Å². The molecule has 9 heteroatoms. The standard InChI is InChI=1S/C18H23ClFNO6/c1-17(2,3)27-16(24)21-10(9-26-18(21,4)5)8-25-14-7-12(19)11(15(22)23)6-13(14)20/h6-7,10H,8-9H2,1-5H3,(H,22,23). The Bertz CT molecular complexity index is 746. The molecular formula is C18H23ClFNO6. The van der Waals surface area contributed by atoms with E-state index in [4.69, 9.17) is 30.9 Å². The van der Waals surface area contributed by atoms with Crippen LogP contribution in [-0.4, -0.2) is 52.7 Å². The van der Waals surface area contributed by atoms with Gasteiger partial charge in [0.15, 0.2) is 11.6 Å². The molecule has 1 aromatic carbocycles. The Balaban J connectivity index is 2.15. The van der Waals surface area contributed by atoms with Crippen LogP contribution in [0.25, 0.3) is 0 Å². The summed E-state index contributed by atoms with van der Waals surface area (Å²) in [4.78, 5) is 24.9. The van der Waals surface area contributed by atoms with Gasteiger partial charge in [-0.05, 0) is 40.7 Å². The third-order valence-electron chi connectivity index (χ3n) is 3.85. The van der Waals surface area contributed by atoms with Crippen molar-refractivity contribution in [2.75, 3.05) is 13.2 Å². The normalized spacial score (nSPS) is 19.1. The Morgan fingerprint density at radius 3 is 2.59 bits per heavy atom. The molecule has 0 aliphatic carbocycles. The average Bonchev–Trinajstić information content (AvgIpc) is 2.80. The van der Waals surface area contributed by atoms with Gasteiger partial charge in [0, 0.05) is 6.07 Å². The fourth-order valence-corrected chi connectivity index (χ4v) is 2.91. The molecule has 1 aliphatic rings. The minimum absolute atomic E-state index is 0.0810. The van der Waals surface area contributed by atoms with Gasteiger partial charge in [-0.15, -0.1) is 0 Å². The van der Waals surface area contributed by atoms with E-state index in [0.29, 0.717) is 0 Å². The van der Waals surface area contributed by atoms with Gasteiger partial charge in [-0.1, -0.05) is 11.6 Å². The zero-order valence-corrected chi connectivity index (χ0v) is 16.6. The lowest BCUT2D eigenvalue weighted by Gasteiger charge is -2.35. The molecule has 1 atom stereocenters. The van der Waals surface area contributed by atoms with Crippen LogP contribution in [0.1, 0.15) is 45.0 Å². The summed E-state index contributed by atoms with van der Waals surface area (Å²) in [6.07, 6.45) is -0.571. The Morgan fingerprint density at radius 2 is 2.04 bits per heavy atom. The molecule has 7 nitrogen and oxygen atoms in total. The minimum atomic E-state index is -1.34. The summed E-state index contributed by atoms with van der Waals surface area (Å²) in [7, 11) is 0. The molecule has 0 radical (unpaired) electrons. The Morgan fingerprint density at radius 1 is 1.41 bits per heavy atom. The summed E-state index contributed by atoms with van der Waals surface area (Å²) in [5.74, 6) is -2.41. The van der Waals surface area contributed by atoms with Crippen molar-refractivity contribution >= 4 is 23.7 Å². The van der Waals surface area contributed by atoms with Gasteiger partial charge in [-0.25, -0.2) is 14.0 Å². The number of halogens is 2. The average molecular weight is 404 g/mol. The van der Waals surface area contributed by atoms with Gasteiger partial charge >= 0.3 is 12.1 Å². The van der Waals surface area contributed by atoms with Crippen molar-refractivity contribution in [2.24, 2.45) is 0 Å². The van der Waals surface area contributed by atoms with Gasteiger partial charge in [0.2, 0.25) is 0 Å². The number of benzene rings is 1. The van der Waals surface area contributed by atoms with E-state index in [1.165, 1.54) is 4.90 Å². The van der Waals surface area contributed by atoms with Crippen LogP contribution in [0.15, 0.2) is 12.1 Å². The molecule has 1 aromatic rings. The first kappa shape index (κ1) is 21.2. The molecule has 1 heterocycles. The zero-order valence-electron chi connectivity index (χ0n) is 15.8. The molecule has 1 saturated heterocycles. The van der Waals surface area contributed by atoms with Crippen LogP contribution in [0, 0.1) is 5.82 Å². The predicted molar refractivity (Wildman–Crippen MR) is 95.8 cm³/mol. The van der Waals surface area contributed by atoms with Crippen molar-refractivity contribution in [3.63, 3.8) is 0 Å². The maximum atomic E-state index is 14.1. The van der Waals surface area contributed by atoms with Gasteiger partial charge < -0.3 is 19.3 Å². The maximum absolute atomic E-state index is 14.1. The molecule has 0 aromatic heterocycles. The predicted octanol–water partition coefficient (Wildman–Crippen LogP) is 3.93. The number of amides is 1. The number of aromatic carboxylic acids is 1. The van der Waals surface area contributed by atoms with Crippen molar-refractivity contribution in [1.82, 2.24) is 4.90 Å².